The number of ether oxygens (including phenoxy) is 1. The molecule has 0 amide bonds. The van der Waals surface area contributed by atoms with E-state index in [0.29, 0.717) is 23.0 Å². The molecule has 0 fully saturated rings. The number of hydrogen-bond donors (Lipinski definition) is 2. The van der Waals surface area contributed by atoms with E-state index in [1.54, 1.807) is 12.4 Å². The fourth-order valence-corrected chi connectivity index (χ4v) is 5.30. The summed E-state index contributed by atoms with van der Waals surface area (Å²) in [5.41, 5.74) is 14.7. The number of pyridine rings is 2. The van der Waals surface area contributed by atoms with Gasteiger partial charge in [-0.1, -0.05) is 31.9 Å². The van der Waals surface area contributed by atoms with Crippen molar-refractivity contribution in [2.75, 3.05) is 11.1 Å². The molecule has 0 bridgehead atoms. The summed E-state index contributed by atoms with van der Waals surface area (Å²) in [4.78, 5) is 11.2. The van der Waals surface area contributed by atoms with Crippen LogP contribution in [0.3, 0.4) is 0 Å². The van der Waals surface area contributed by atoms with Crippen LogP contribution in [0.1, 0.15) is 32.1 Å². The molecule has 0 saturated heterocycles. The smallest absolute Gasteiger partial charge is 0.145 e. The van der Waals surface area contributed by atoms with Gasteiger partial charge in [-0.3, -0.25) is 4.98 Å². The second-order valence-electron chi connectivity index (χ2n) is 9.94. The molecular formula is C33H31N5O. The third-order valence-corrected chi connectivity index (χ3v) is 7.25. The number of aromatic nitrogens is 2. The zero-order chi connectivity index (χ0) is 26.9. The lowest BCUT2D eigenvalue weighted by Gasteiger charge is -2.39. The average molecular weight is 514 g/mol. The van der Waals surface area contributed by atoms with E-state index in [1.807, 2.05) is 36.4 Å². The summed E-state index contributed by atoms with van der Waals surface area (Å²) < 4.78 is 6.12. The molecule has 6 rings (SSSR count). The van der Waals surface area contributed by atoms with Gasteiger partial charge in [0.15, 0.2) is 0 Å². The van der Waals surface area contributed by atoms with E-state index in [2.05, 4.69) is 64.2 Å². The molecule has 0 spiro atoms. The highest BCUT2D eigenvalue weighted by molar-refractivity contribution is 5.87. The first-order valence-corrected chi connectivity index (χ1v) is 13.2. The Balaban J connectivity index is 1.23. The minimum Gasteiger partial charge on any atom is -0.455 e. The van der Waals surface area contributed by atoms with Gasteiger partial charge in [0.05, 0.1) is 11.7 Å². The molecule has 0 unspecified atom stereocenters. The number of rotatable bonds is 6. The first-order valence-electron chi connectivity index (χ1n) is 13.2. The highest BCUT2D eigenvalue weighted by Gasteiger charge is 2.30. The van der Waals surface area contributed by atoms with E-state index in [0.717, 1.165) is 71.2 Å². The van der Waals surface area contributed by atoms with Crippen molar-refractivity contribution in [3.63, 3.8) is 0 Å². The van der Waals surface area contributed by atoms with Gasteiger partial charge in [-0.05, 0) is 91.8 Å². The molecule has 3 aliphatic rings. The molecule has 1 aliphatic heterocycles. The van der Waals surface area contributed by atoms with Crippen LogP contribution in [0.15, 0.2) is 132 Å². The highest BCUT2D eigenvalue weighted by Crippen LogP contribution is 2.43. The molecule has 0 atom stereocenters. The molecule has 6 nitrogen and oxygen atoms in total. The predicted octanol–water partition coefficient (Wildman–Crippen LogP) is 7.91. The van der Waals surface area contributed by atoms with Gasteiger partial charge < -0.3 is 20.7 Å². The molecule has 2 aliphatic carbocycles. The van der Waals surface area contributed by atoms with Crippen LogP contribution in [0.4, 0.5) is 11.5 Å². The Bertz CT molecular complexity index is 1640. The summed E-state index contributed by atoms with van der Waals surface area (Å²) in [7, 11) is 0. The zero-order valence-electron chi connectivity index (χ0n) is 21.9. The van der Waals surface area contributed by atoms with Gasteiger partial charge in [-0.2, -0.15) is 0 Å². The van der Waals surface area contributed by atoms with E-state index in [-0.39, 0.29) is 0 Å². The number of allylic oxidation sites excluding steroid dienone is 7. The number of fused-ring (bicyclic) bond motifs is 1. The van der Waals surface area contributed by atoms with Gasteiger partial charge in [0.25, 0.3) is 0 Å². The van der Waals surface area contributed by atoms with E-state index < -0.39 is 0 Å². The van der Waals surface area contributed by atoms with Crippen molar-refractivity contribution in [3.05, 3.63) is 132 Å². The fraction of sp³-hybridized carbons (Fsp3) is 0.152. The monoisotopic (exact) mass is 513 g/mol. The fourth-order valence-electron chi connectivity index (χ4n) is 5.30. The van der Waals surface area contributed by atoms with Gasteiger partial charge in [0.2, 0.25) is 0 Å². The van der Waals surface area contributed by atoms with Gasteiger partial charge in [-0.15, -0.1) is 0 Å². The van der Waals surface area contributed by atoms with Crippen LogP contribution in [-0.4, -0.2) is 14.9 Å². The molecule has 3 aromatic rings. The Hall–Kier alpha value is -4.84. The minimum atomic E-state index is 0.618. The molecule has 0 saturated carbocycles. The third kappa shape index (κ3) is 4.77. The summed E-state index contributed by atoms with van der Waals surface area (Å²) in [6.45, 7) is 13.2. The molecule has 39 heavy (non-hydrogen) atoms. The van der Waals surface area contributed by atoms with Crippen molar-refractivity contribution in [2.24, 2.45) is 0 Å². The molecule has 1 aromatic carbocycles. The largest absolute Gasteiger partial charge is 0.455 e. The van der Waals surface area contributed by atoms with Crippen molar-refractivity contribution in [3.8, 4) is 11.5 Å². The zero-order valence-corrected chi connectivity index (χ0v) is 21.9. The van der Waals surface area contributed by atoms with Crippen LogP contribution < -0.4 is 15.8 Å². The molecule has 3 heterocycles. The number of nitrogen functional groups attached to an aromatic ring is 1. The van der Waals surface area contributed by atoms with Gasteiger partial charge in [-0.25, -0.2) is 4.98 Å². The van der Waals surface area contributed by atoms with Crippen molar-refractivity contribution >= 4 is 22.4 Å². The van der Waals surface area contributed by atoms with Gasteiger partial charge >= 0.3 is 0 Å². The maximum absolute atomic E-state index is 6.12. The van der Waals surface area contributed by atoms with Crippen LogP contribution in [0.5, 0.6) is 11.5 Å². The normalized spacial score (nSPS) is 17.1. The van der Waals surface area contributed by atoms with E-state index in [9.17, 15) is 0 Å². The Morgan fingerprint density at radius 3 is 2.74 bits per heavy atom. The molecule has 0 radical (unpaired) electrons. The van der Waals surface area contributed by atoms with Crippen molar-refractivity contribution < 1.29 is 4.74 Å². The number of nitrogens with two attached hydrogens (primary N) is 1. The maximum atomic E-state index is 6.12. The van der Waals surface area contributed by atoms with Crippen molar-refractivity contribution in [1.29, 1.82) is 0 Å². The lowest BCUT2D eigenvalue weighted by atomic mass is 9.85. The van der Waals surface area contributed by atoms with E-state index in [1.165, 1.54) is 11.3 Å². The van der Waals surface area contributed by atoms with Crippen molar-refractivity contribution in [2.45, 2.75) is 32.1 Å². The second-order valence-corrected chi connectivity index (χ2v) is 9.94. The molecule has 2 aromatic heterocycles. The second kappa shape index (κ2) is 10.1. The molecule has 194 valence electrons. The van der Waals surface area contributed by atoms with Crippen LogP contribution in [0.2, 0.25) is 0 Å². The van der Waals surface area contributed by atoms with Gasteiger partial charge in [0, 0.05) is 45.6 Å². The Labute approximate surface area is 228 Å². The first-order chi connectivity index (χ1) is 19.0. The average Bonchev–Trinajstić information content (AvgIpc) is 2.94. The number of anilines is 2. The summed E-state index contributed by atoms with van der Waals surface area (Å²) in [6, 6.07) is 11.2. The topological polar surface area (TPSA) is 76.3 Å². The third-order valence-electron chi connectivity index (χ3n) is 7.25. The summed E-state index contributed by atoms with van der Waals surface area (Å²) >= 11 is 0. The van der Waals surface area contributed by atoms with Crippen LogP contribution in [0.25, 0.3) is 10.9 Å². The number of benzene rings is 1. The Kier molecular flexibility index (Phi) is 6.37. The maximum Gasteiger partial charge on any atom is 0.145 e. The molecule has 6 heteroatoms. The quantitative estimate of drug-likeness (QED) is 0.326. The molecular weight excluding hydrogens is 482 g/mol. The SMILES string of the molecule is C=C1CCCC2=C1C=C(C(=C)Nc1ccc(Oc3ccnc4cc(N)ccc34)cn1)C(=C)N2C1=CCCC=C1. The summed E-state index contributed by atoms with van der Waals surface area (Å²) in [5, 5.41) is 4.26. The lowest BCUT2D eigenvalue weighted by molar-refractivity contribution is 0.485. The predicted molar refractivity (Wildman–Crippen MR) is 159 cm³/mol. The highest BCUT2D eigenvalue weighted by atomic mass is 16.5. The summed E-state index contributed by atoms with van der Waals surface area (Å²) in [5.74, 6) is 1.98. The lowest BCUT2D eigenvalue weighted by Crippen LogP contribution is -2.29. The van der Waals surface area contributed by atoms with Crippen LogP contribution >= 0.6 is 0 Å². The van der Waals surface area contributed by atoms with Crippen LogP contribution in [-0.2, 0) is 0 Å². The van der Waals surface area contributed by atoms with E-state index >= 15 is 0 Å². The first kappa shape index (κ1) is 24.5. The Morgan fingerprint density at radius 1 is 1.05 bits per heavy atom. The number of hydrogen-bond acceptors (Lipinski definition) is 6. The number of nitrogens with zero attached hydrogens (tertiary/aromatic N) is 3. The van der Waals surface area contributed by atoms with Gasteiger partial charge in [0.1, 0.15) is 17.3 Å². The standard InChI is InChI=1S/C33H31N5O/c1-21-8-7-11-31-28(21)19-29(23(3)38(31)25-9-5-4-6-10-25)22(2)37-33-15-13-26(20-36-33)39-32-16-17-35-30-18-24(34)12-14-27(30)32/h5,9-10,12-20H,1-4,6-8,11,34H2,(H,36,37). The summed E-state index contributed by atoms with van der Waals surface area (Å²) in [6.07, 6.45) is 17.5. The van der Waals surface area contributed by atoms with E-state index in [4.69, 9.17) is 10.5 Å². The van der Waals surface area contributed by atoms with Crippen molar-refractivity contribution in [1.82, 2.24) is 14.9 Å². The van der Waals surface area contributed by atoms with Crippen LogP contribution in [0, 0.1) is 0 Å². The molecule has 3 N–H and O–H groups in total. The Morgan fingerprint density at radius 2 is 1.95 bits per heavy atom. The minimum absolute atomic E-state index is 0.618. The number of nitrogens with one attached hydrogen (secondary N) is 1.